The number of carbonyl (C=O) groups excluding carboxylic acids is 2. The first-order chi connectivity index (χ1) is 16.2. The van der Waals surface area contributed by atoms with Crippen LogP contribution >= 0.6 is 15.9 Å². The molecule has 2 rings (SSSR count). The van der Waals surface area contributed by atoms with Crippen LogP contribution in [0.3, 0.4) is 0 Å². The minimum atomic E-state index is -0.604. The molecule has 0 bridgehead atoms. The molecule has 0 aromatic heterocycles. The second-order valence-corrected chi connectivity index (χ2v) is 9.92. The summed E-state index contributed by atoms with van der Waals surface area (Å²) in [7, 11) is 1.60. The number of rotatable bonds is 12. The van der Waals surface area contributed by atoms with Gasteiger partial charge in [-0.05, 0) is 69.6 Å². The Morgan fingerprint density at radius 2 is 1.82 bits per heavy atom. The van der Waals surface area contributed by atoms with Crippen molar-refractivity contribution >= 4 is 27.7 Å². The van der Waals surface area contributed by atoms with Gasteiger partial charge in [0, 0.05) is 13.1 Å². The largest absolute Gasteiger partial charge is 0.497 e. The molecule has 6 nitrogen and oxygen atoms in total. The van der Waals surface area contributed by atoms with Crippen molar-refractivity contribution in [3.63, 3.8) is 0 Å². The molecule has 0 saturated heterocycles. The fourth-order valence-electron chi connectivity index (χ4n) is 3.53. The zero-order valence-corrected chi connectivity index (χ0v) is 22.6. The summed E-state index contributed by atoms with van der Waals surface area (Å²) in [5, 5.41) is 2.97. The van der Waals surface area contributed by atoms with Crippen molar-refractivity contribution in [3.05, 3.63) is 58.1 Å². The lowest BCUT2D eigenvalue weighted by Gasteiger charge is -2.31. The van der Waals surface area contributed by atoms with Crippen molar-refractivity contribution in [1.82, 2.24) is 10.2 Å². The van der Waals surface area contributed by atoms with E-state index in [4.69, 9.17) is 9.47 Å². The second kappa shape index (κ2) is 13.4. The summed E-state index contributed by atoms with van der Waals surface area (Å²) in [4.78, 5) is 28.0. The molecule has 0 heterocycles. The molecule has 2 aromatic rings. The summed E-state index contributed by atoms with van der Waals surface area (Å²) < 4.78 is 12.0. The standard InChI is InChI=1S/C27H37BrN2O4/c1-7-24(27(32)29-15-18(2)3)30(16-20-9-8-10-22(13-20)33-6)26(31)17-34-25-12-11-21(19(4)5)14-23(25)28/h8-14,18-19,24H,7,15-17H2,1-6H3,(H,29,32). The molecule has 1 unspecified atom stereocenters. The highest BCUT2D eigenvalue weighted by atomic mass is 79.9. The predicted molar refractivity (Wildman–Crippen MR) is 139 cm³/mol. The van der Waals surface area contributed by atoms with Crippen LogP contribution in [0.1, 0.15) is 58.1 Å². The van der Waals surface area contributed by atoms with Crippen molar-refractivity contribution in [2.24, 2.45) is 5.92 Å². The first-order valence-electron chi connectivity index (χ1n) is 11.8. The number of amides is 2. The summed E-state index contributed by atoms with van der Waals surface area (Å²) in [6.07, 6.45) is 0.492. The second-order valence-electron chi connectivity index (χ2n) is 9.07. The summed E-state index contributed by atoms with van der Waals surface area (Å²) in [6.45, 7) is 10.9. The van der Waals surface area contributed by atoms with E-state index in [1.807, 2.05) is 63.2 Å². The molecule has 2 amide bonds. The summed E-state index contributed by atoms with van der Waals surface area (Å²) in [5.41, 5.74) is 2.06. The van der Waals surface area contributed by atoms with Crippen LogP contribution in [0.15, 0.2) is 46.9 Å². The van der Waals surface area contributed by atoms with Crippen molar-refractivity contribution in [2.75, 3.05) is 20.3 Å². The normalized spacial score (nSPS) is 11.9. The van der Waals surface area contributed by atoms with Gasteiger partial charge in [-0.25, -0.2) is 0 Å². The Kier molecular flexibility index (Phi) is 10.9. The molecule has 0 spiro atoms. The fourth-order valence-corrected chi connectivity index (χ4v) is 4.04. The van der Waals surface area contributed by atoms with Gasteiger partial charge in [0.25, 0.3) is 5.91 Å². The number of nitrogens with zero attached hydrogens (tertiary/aromatic N) is 1. The van der Waals surface area contributed by atoms with Gasteiger partial charge in [-0.2, -0.15) is 0 Å². The molecule has 0 aliphatic carbocycles. The van der Waals surface area contributed by atoms with E-state index in [1.54, 1.807) is 12.0 Å². The number of hydrogen-bond donors (Lipinski definition) is 1. The number of benzene rings is 2. The lowest BCUT2D eigenvalue weighted by Crippen LogP contribution is -2.50. The highest BCUT2D eigenvalue weighted by molar-refractivity contribution is 9.10. The van der Waals surface area contributed by atoms with Crippen LogP contribution < -0.4 is 14.8 Å². The van der Waals surface area contributed by atoms with Crippen LogP contribution in [0.2, 0.25) is 0 Å². The van der Waals surface area contributed by atoms with Crippen LogP contribution in [0, 0.1) is 5.92 Å². The van der Waals surface area contributed by atoms with Gasteiger partial charge in [-0.3, -0.25) is 9.59 Å². The molecule has 1 atom stereocenters. The predicted octanol–water partition coefficient (Wildman–Crippen LogP) is 5.54. The average Bonchev–Trinajstić information content (AvgIpc) is 2.81. The maximum Gasteiger partial charge on any atom is 0.261 e. The van der Waals surface area contributed by atoms with Crippen molar-refractivity contribution in [2.45, 2.75) is 59.5 Å². The Labute approximate surface area is 212 Å². The van der Waals surface area contributed by atoms with Gasteiger partial charge in [0.15, 0.2) is 6.61 Å². The minimum Gasteiger partial charge on any atom is -0.497 e. The quantitative estimate of drug-likeness (QED) is 0.389. The zero-order valence-electron chi connectivity index (χ0n) is 21.1. The summed E-state index contributed by atoms with van der Waals surface area (Å²) in [6, 6.07) is 12.8. The van der Waals surface area contributed by atoms with E-state index in [0.29, 0.717) is 36.3 Å². The Bertz CT molecular complexity index is 961. The van der Waals surface area contributed by atoms with E-state index in [9.17, 15) is 9.59 Å². The third-order valence-corrected chi connectivity index (χ3v) is 6.15. The average molecular weight is 534 g/mol. The number of halogens is 1. The summed E-state index contributed by atoms with van der Waals surface area (Å²) in [5.74, 6) is 1.59. The van der Waals surface area contributed by atoms with E-state index in [0.717, 1.165) is 10.0 Å². The first-order valence-corrected chi connectivity index (χ1v) is 12.6. The van der Waals surface area contributed by atoms with E-state index in [-0.39, 0.29) is 25.0 Å². The van der Waals surface area contributed by atoms with E-state index in [1.165, 1.54) is 5.56 Å². The van der Waals surface area contributed by atoms with Gasteiger partial charge in [-0.15, -0.1) is 0 Å². The molecule has 34 heavy (non-hydrogen) atoms. The Hall–Kier alpha value is -2.54. The SMILES string of the molecule is CCC(C(=O)NCC(C)C)N(Cc1cccc(OC)c1)C(=O)COc1ccc(C(C)C)cc1Br. The van der Waals surface area contributed by atoms with Crippen LogP contribution in [-0.2, 0) is 16.1 Å². The van der Waals surface area contributed by atoms with Crippen LogP contribution in [0.25, 0.3) is 0 Å². The highest BCUT2D eigenvalue weighted by Gasteiger charge is 2.29. The number of nitrogens with one attached hydrogen (secondary N) is 1. The van der Waals surface area contributed by atoms with Gasteiger partial charge in [0.2, 0.25) is 5.91 Å². The van der Waals surface area contributed by atoms with E-state index < -0.39 is 6.04 Å². The van der Waals surface area contributed by atoms with Gasteiger partial charge in [0.1, 0.15) is 17.5 Å². The Morgan fingerprint density at radius 3 is 2.41 bits per heavy atom. The smallest absolute Gasteiger partial charge is 0.261 e. The zero-order chi connectivity index (χ0) is 25.3. The highest BCUT2D eigenvalue weighted by Crippen LogP contribution is 2.29. The Morgan fingerprint density at radius 1 is 1.09 bits per heavy atom. The number of ether oxygens (including phenoxy) is 2. The minimum absolute atomic E-state index is 0.157. The lowest BCUT2D eigenvalue weighted by molar-refractivity contribution is -0.143. The molecule has 186 valence electrons. The van der Waals surface area contributed by atoms with Crippen molar-refractivity contribution < 1.29 is 19.1 Å². The number of carbonyl (C=O) groups is 2. The maximum atomic E-state index is 13.4. The third kappa shape index (κ3) is 8.05. The van der Waals surface area contributed by atoms with E-state index in [2.05, 4.69) is 35.1 Å². The van der Waals surface area contributed by atoms with Crippen LogP contribution in [-0.4, -0.2) is 43.0 Å². The number of methoxy groups -OCH3 is 1. The fraction of sp³-hybridized carbons (Fsp3) is 0.481. The topological polar surface area (TPSA) is 67.9 Å². The number of hydrogen-bond acceptors (Lipinski definition) is 4. The molecule has 0 fully saturated rings. The van der Waals surface area contributed by atoms with Crippen molar-refractivity contribution in [1.29, 1.82) is 0 Å². The van der Waals surface area contributed by atoms with E-state index >= 15 is 0 Å². The molecule has 0 aliphatic rings. The van der Waals surface area contributed by atoms with Gasteiger partial charge >= 0.3 is 0 Å². The van der Waals surface area contributed by atoms with Gasteiger partial charge in [0.05, 0.1) is 11.6 Å². The van der Waals surface area contributed by atoms with Crippen molar-refractivity contribution in [3.8, 4) is 11.5 Å². The molecular weight excluding hydrogens is 496 g/mol. The molecule has 1 N–H and O–H groups in total. The molecule has 0 radical (unpaired) electrons. The molecule has 7 heteroatoms. The molecular formula is C27H37BrN2O4. The monoisotopic (exact) mass is 532 g/mol. The first kappa shape index (κ1) is 27.7. The van der Waals surface area contributed by atoms with Crippen LogP contribution in [0.5, 0.6) is 11.5 Å². The Balaban J connectivity index is 2.24. The van der Waals surface area contributed by atoms with Gasteiger partial charge < -0.3 is 19.7 Å². The van der Waals surface area contributed by atoms with Crippen LogP contribution in [0.4, 0.5) is 0 Å². The molecule has 2 aromatic carbocycles. The third-order valence-electron chi connectivity index (χ3n) is 5.53. The molecule has 0 aliphatic heterocycles. The maximum absolute atomic E-state index is 13.4. The summed E-state index contributed by atoms with van der Waals surface area (Å²) >= 11 is 3.54. The lowest BCUT2D eigenvalue weighted by atomic mass is 10.0. The molecule has 0 saturated carbocycles. The van der Waals surface area contributed by atoms with Gasteiger partial charge in [-0.1, -0.05) is 52.8 Å².